The summed E-state index contributed by atoms with van der Waals surface area (Å²) in [5.74, 6) is -0.290. The highest BCUT2D eigenvalue weighted by atomic mass is 32.2. The van der Waals surface area contributed by atoms with Gasteiger partial charge in [0.2, 0.25) is 10.0 Å². The smallest absolute Gasteiger partial charge is 0.241 e. The molecule has 1 N–H and O–H groups in total. The first-order chi connectivity index (χ1) is 10.3. The summed E-state index contributed by atoms with van der Waals surface area (Å²) in [6.07, 6.45) is 6.56. The maximum atomic E-state index is 12.4. The van der Waals surface area contributed by atoms with E-state index < -0.39 is 16.1 Å². The van der Waals surface area contributed by atoms with Gasteiger partial charge in [0.25, 0.3) is 0 Å². The van der Waals surface area contributed by atoms with E-state index in [2.05, 4.69) is 11.3 Å². The van der Waals surface area contributed by atoms with Gasteiger partial charge in [0.15, 0.2) is 5.78 Å². The van der Waals surface area contributed by atoms with Gasteiger partial charge in [-0.2, -0.15) is 4.72 Å². The number of rotatable bonds is 7. The van der Waals surface area contributed by atoms with E-state index in [1.54, 1.807) is 37.3 Å². The van der Waals surface area contributed by atoms with Crippen molar-refractivity contribution in [1.82, 2.24) is 4.72 Å². The van der Waals surface area contributed by atoms with Crippen LogP contribution < -0.4 is 4.72 Å². The zero-order chi connectivity index (χ0) is 16.8. The Balaban J connectivity index is 3.19. The van der Waals surface area contributed by atoms with Crippen LogP contribution in [0.4, 0.5) is 0 Å². The molecule has 0 saturated heterocycles. The fraction of sp³-hybridized carbons (Fsp3) is 0.235. The average molecular weight is 319 g/mol. The highest BCUT2D eigenvalue weighted by Crippen LogP contribution is 2.14. The summed E-state index contributed by atoms with van der Waals surface area (Å²) >= 11 is 0. The molecular formula is C17H21NO3S. The lowest BCUT2D eigenvalue weighted by Gasteiger charge is -2.17. The molecule has 0 aliphatic rings. The van der Waals surface area contributed by atoms with Crippen molar-refractivity contribution in [3.63, 3.8) is 0 Å². The molecule has 4 nitrogen and oxygen atoms in total. The van der Waals surface area contributed by atoms with E-state index in [0.717, 1.165) is 5.56 Å². The fourth-order valence-electron chi connectivity index (χ4n) is 1.90. The number of hydrogen-bond acceptors (Lipinski definition) is 3. The molecule has 118 valence electrons. The van der Waals surface area contributed by atoms with Crippen molar-refractivity contribution in [2.24, 2.45) is 0 Å². The number of carbonyl (C=O) groups is 1. The van der Waals surface area contributed by atoms with Crippen molar-refractivity contribution < 1.29 is 13.2 Å². The van der Waals surface area contributed by atoms with Crippen molar-refractivity contribution in [2.45, 2.75) is 31.7 Å². The summed E-state index contributed by atoms with van der Waals surface area (Å²) in [4.78, 5) is 12.0. The maximum Gasteiger partial charge on any atom is 0.241 e. The van der Waals surface area contributed by atoms with E-state index in [4.69, 9.17) is 0 Å². The number of sulfonamides is 1. The summed E-state index contributed by atoms with van der Waals surface area (Å²) in [5.41, 5.74) is 1.50. The van der Waals surface area contributed by atoms with Gasteiger partial charge in [0, 0.05) is 0 Å². The molecule has 0 aliphatic carbocycles. The van der Waals surface area contributed by atoms with Crippen LogP contribution >= 0.6 is 0 Å². The third kappa shape index (κ3) is 4.79. The average Bonchev–Trinajstić information content (AvgIpc) is 2.45. The zero-order valence-electron chi connectivity index (χ0n) is 13.0. The molecule has 1 unspecified atom stereocenters. The van der Waals surface area contributed by atoms with Crippen molar-refractivity contribution in [1.29, 1.82) is 0 Å². The van der Waals surface area contributed by atoms with E-state index in [1.165, 1.54) is 25.1 Å². The third-order valence-corrected chi connectivity index (χ3v) is 4.45. The lowest BCUT2D eigenvalue weighted by Crippen LogP contribution is -2.40. The van der Waals surface area contributed by atoms with E-state index >= 15 is 0 Å². The maximum absolute atomic E-state index is 12.4. The molecule has 5 heteroatoms. The molecule has 0 aromatic heterocycles. The minimum absolute atomic E-state index is 0.128. The van der Waals surface area contributed by atoms with Crippen molar-refractivity contribution in [2.75, 3.05) is 0 Å². The molecule has 0 aliphatic heterocycles. The van der Waals surface area contributed by atoms with Crippen molar-refractivity contribution >= 4 is 15.8 Å². The number of allylic oxidation sites excluding steroid dienone is 3. The minimum Gasteiger partial charge on any atom is -0.298 e. The standard InChI is InChI=1S/C17H21NO3S/c1-5-7-15(8-6-2)17(14(4)19)18-22(20,21)16-11-9-13(3)10-12-16/h5-12,17-18H,1H2,2-4H3/b8-6-,15-7+. The van der Waals surface area contributed by atoms with Gasteiger partial charge >= 0.3 is 0 Å². The lowest BCUT2D eigenvalue weighted by atomic mass is 10.0. The second kappa shape index (κ2) is 7.87. The number of carbonyl (C=O) groups excluding carboxylic acids is 1. The van der Waals surface area contributed by atoms with Crippen LogP contribution in [0, 0.1) is 6.92 Å². The molecule has 0 heterocycles. The second-order valence-corrected chi connectivity index (χ2v) is 6.59. The van der Waals surface area contributed by atoms with Crippen molar-refractivity contribution in [3.8, 4) is 0 Å². The number of hydrogen-bond donors (Lipinski definition) is 1. The van der Waals surface area contributed by atoms with E-state index in [0.29, 0.717) is 5.57 Å². The molecule has 0 bridgehead atoms. The van der Waals surface area contributed by atoms with E-state index in [-0.39, 0.29) is 10.7 Å². The Morgan fingerprint density at radius 1 is 1.27 bits per heavy atom. The predicted octanol–water partition coefficient (Wildman–Crippen LogP) is 2.92. The number of nitrogens with one attached hydrogen (secondary N) is 1. The summed E-state index contributed by atoms with van der Waals surface area (Å²) in [5, 5.41) is 0. The summed E-state index contributed by atoms with van der Waals surface area (Å²) in [6, 6.07) is 5.51. The Hall–Kier alpha value is -1.98. The van der Waals surface area contributed by atoms with Gasteiger partial charge in [0.05, 0.1) is 4.90 Å². The molecule has 22 heavy (non-hydrogen) atoms. The molecule has 0 radical (unpaired) electrons. The Morgan fingerprint density at radius 2 is 1.86 bits per heavy atom. The number of ketones is 1. The first-order valence-electron chi connectivity index (χ1n) is 6.86. The minimum atomic E-state index is -3.78. The van der Waals surface area contributed by atoms with E-state index in [1.807, 2.05) is 6.92 Å². The number of Topliss-reactive ketones (excluding diaryl/α,β-unsaturated/α-hetero) is 1. The van der Waals surface area contributed by atoms with Crippen LogP contribution in [0.3, 0.4) is 0 Å². The zero-order valence-corrected chi connectivity index (χ0v) is 13.9. The molecule has 0 fully saturated rings. The molecule has 0 spiro atoms. The Morgan fingerprint density at radius 3 is 2.32 bits per heavy atom. The van der Waals surface area contributed by atoms with Gasteiger partial charge in [-0.25, -0.2) is 8.42 Å². The largest absolute Gasteiger partial charge is 0.298 e. The van der Waals surface area contributed by atoms with Gasteiger partial charge in [-0.3, -0.25) is 4.79 Å². The normalized spacial score (nSPS) is 14.0. The molecule has 0 amide bonds. The molecular weight excluding hydrogens is 298 g/mol. The van der Waals surface area contributed by atoms with Crippen LogP contribution in [-0.4, -0.2) is 20.2 Å². The molecule has 1 atom stereocenters. The van der Waals surface area contributed by atoms with Crippen LogP contribution in [0.1, 0.15) is 19.4 Å². The topological polar surface area (TPSA) is 63.2 Å². The quantitative estimate of drug-likeness (QED) is 0.786. The first kappa shape index (κ1) is 18.1. The summed E-state index contributed by atoms with van der Waals surface area (Å²) < 4.78 is 27.3. The molecule has 1 aromatic rings. The van der Waals surface area contributed by atoms with E-state index in [9.17, 15) is 13.2 Å². The second-order valence-electron chi connectivity index (χ2n) is 4.88. The highest BCUT2D eigenvalue weighted by molar-refractivity contribution is 7.89. The first-order valence-corrected chi connectivity index (χ1v) is 8.35. The Labute approximate surface area is 132 Å². The van der Waals surface area contributed by atoms with Crippen LogP contribution in [-0.2, 0) is 14.8 Å². The van der Waals surface area contributed by atoms with Crippen LogP contribution in [0.5, 0.6) is 0 Å². The third-order valence-electron chi connectivity index (χ3n) is 3.01. The SMILES string of the molecule is C=C/C=C(\C=C/C)C(NS(=O)(=O)c1ccc(C)cc1)C(C)=O. The van der Waals surface area contributed by atoms with Crippen LogP contribution in [0.15, 0.2) is 65.6 Å². The number of benzene rings is 1. The van der Waals surface area contributed by atoms with Crippen LogP contribution in [0.25, 0.3) is 0 Å². The van der Waals surface area contributed by atoms with Gasteiger partial charge in [0.1, 0.15) is 6.04 Å². The Bertz CT molecular complexity index is 698. The van der Waals surface area contributed by atoms with Crippen LogP contribution in [0.2, 0.25) is 0 Å². The lowest BCUT2D eigenvalue weighted by molar-refractivity contribution is -0.117. The number of aryl methyl sites for hydroxylation is 1. The fourth-order valence-corrected chi connectivity index (χ4v) is 3.15. The van der Waals surface area contributed by atoms with Gasteiger partial charge in [-0.1, -0.05) is 48.6 Å². The Kier molecular flexibility index (Phi) is 6.46. The van der Waals surface area contributed by atoms with Gasteiger partial charge < -0.3 is 0 Å². The van der Waals surface area contributed by atoms with Crippen molar-refractivity contribution in [3.05, 3.63) is 66.3 Å². The summed E-state index contributed by atoms with van der Waals surface area (Å²) in [6.45, 7) is 8.61. The molecule has 1 aromatic carbocycles. The highest BCUT2D eigenvalue weighted by Gasteiger charge is 2.25. The van der Waals surface area contributed by atoms with Gasteiger partial charge in [-0.15, -0.1) is 0 Å². The summed E-state index contributed by atoms with van der Waals surface area (Å²) in [7, 11) is -3.78. The van der Waals surface area contributed by atoms with Gasteiger partial charge in [-0.05, 0) is 38.5 Å². The predicted molar refractivity (Wildman–Crippen MR) is 89.1 cm³/mol. The molecule has 1 rings (SSSR count). The monoisotopic (exact) mass is 319 g/mol. The molecule has 0 saturated carbocycles.